The van der Waals surface area contributed by atoms with Crippen LogP contribution in [0.25, 0.3) is 27.8 Å². The summed E-state index contributed by atoms with van der Waals surface area (Å²) in [5, 5.41) is 10.1. The smallest absolute Gasteiger partial charge is 0.238 e. The number of benzene rings is 3. The molecule has 0 atom stereocenters. The molecule has 0 unspecified atom stereocenters. The number of halogens is 1. The van der Waals surface area contributed by atoms with Gasteiger partial charge in [-0.15, -0.1) is 0 Å². The van der Waals surface area contributed by atoms with Crippen LogP contribution >= 0.6 is 11.6 Å². The average Bonchev–Trinajstić information content (AvgIpc) is 3.20. The lowest BCUT2D eigenvalue weighted by molar-refractivity contribution is 0.598. The third kappa shape index (κ3) is 4.26. The SMILES string of the molecule is Cc1cccc(Nc2ncnc3c2c(-c2ccc(Cl)cc2)cn3-c2ccc(S(N)(=O)=O)cc2)c1. The van der Waals surface area contributed by atoms with Gasteiger partial charge in [-0.25, -0.2) is 23.5 Å². The van der Waals surface area contributed by atoms with Gasteiger partial charge in [0, 0.05) is 28.2 Å². The molecule has 2 aromatic heterocycles. The average molecular weight is 490 g/mol. The van der Waals surface area contributed by atoms with Crippen molar-refractivity contribution in [1.82, 2.24) is 14.5 Å². The number of fused-ring (bicyclic) bond motifs is 1. The van der Waals surface area contributed by atoms with Gasteiger partial charge in [-0.05, 0) is 66.6 Å². The van der Waals surface area contributed by atoms with Crippen molar-refractivity contribution in [3.63, 3.8) is 0 Å². The summed E-state index contributed by atoms with van der Waals surface area (Å²) in [7, 11) is -3.79. The van der Waals surface area contributed by atoms with Gasteiger partial charge in [0.15, 0.2) is 5.65 Å². The number of nitrogens with two attached hydrogens (primary N) is 1. The standard InChI is InChI=1S/C25H20ClN5O2S/c1-16-3-2-4-19(13-16)30-24-23-22(17-5-7-18(26)8-6-17)14-31(25(23)29-15-28-24)20-9-11-21(12-10-20)34(27,32)33/h2-15H,1H3,(H2,27,32,33)(H,28,29,30). The number of primary sulfonamides is 1. The van der Waals surface area contributed by atoms with Gasteiger partial charge in [-0.3, -0.25) is 0 Å². The van der Waals surface area contributed by atoms with E-state index in [9.17, 15) is 8.42 Å². The van der Waals surface area contributed by atoms with E-state index in [1.165, 1.54) is 18.5 Å². The third-order valence-corrected chi connectivity index (χ3v) is 6.64. The maximum atomic E-state index is 11.7. The van der Waals surface area contributed by atoms with Crippen molar-refractivity contribution in [3.05, 3.63) is 95.9 Å². The van der Waals surface area contributed by atoms with Gasteiger partial charge in [0.1, 0.15) is 12.1 Å². The Labute approximate surface area is 201 Å². The van der Waals surface area contributed by atoms with Crippen molar-refractivity contribution < 1.29 is 8.42 Å². The molecule has 0 spiro atoms. The van der Waals surface area contributed by atoms with E-state index >= 15 is 0 Å². The largest absolute Gasteiger partial charge is 0.340 e. The van der Waals surface area contributed by atoms with Gasteiger partial charge in [-0.2, -0.15) is 0 Å². The molecule has 170 valence electrons. The number of hydrogen-bond acceptors (Lipinski definition) is 5. The van der Waals surface area contributed by atoms with Crippen molar-refractivity contribution in [2.45, 2.75) is 11.8 Å². The second kappa shape index (κ2) is 8.57. The Morgan fingerprint density at radius 3 is 2.38 bits per heavy atom. The van der Waals surface area contributed by atoms with E-state index in [4.69, 9.17) is 16.7 Å². The lowest BCUT2D eigenvalue weighted by atomic mass is 10.1. The minimum absolute atomic E-state index is 0.0436. The molecule has 3 aromatic carbocycles. The van der Waals surface area contributed by atoms with E-state index in [0.29, 0.717) is 16.5 Å². The van der Waals surface area contributed by atoms with Crippen molar-refractivity contribution in [3.8, 4) is 16.8 Å². The fraction of sp³-hybridized carbons (Fsp3) is 0.0400. The van der Waals surface area contributed by atoms with Crippen LogP contribution in [-0.2, 0) is 10.0 Å². The van der Waals surface area contributed by atoms with Gasteiger partial charge >= 0.3 is 0 Å². The first-order chi connectivity index (χ1) is 16.3. The van der Waals surface area contributed by atoms with Crippen LogP contribution in [0.1, 0.15) is 5.56 Å². The molecule has 0 bridgehead atoms. The molecule has 0 amide bonds. The highest BCUT2D eigenvalue weighted by molar-refractivity contribution is 7.89. The van der Waals surface area contributed by atoms with Crippen molar-refractivity contribution in [1.29, 1.82) is 0 Å². The summed E-state index contributed by atoms with van der Waals surface area (Å²) >= 11 is 6.12. The molecule has 0 saturated carbocycles. The summed E-state index contributed by atoms with van der Waals surface area (Å²) in [5.41, 5.74) is 5.28. The monoisotopic (exact) mass is 489 g/mol. The molecule has 9 heteroatoms. The topological polar surface area (TPSA) is 103 Å². The summed E-state index contributed by atoms with van der Waals surface area (Å²) in [6, 6.07) is 21.9. The van der Waals surface area contributed by atoms with E-state index in [-0.39, 0.29) is 4.90 Å². The first kappa shape index (κ1) is 22.1. The van der Waals surface area contributed by atoms with Crippen LogP contribution in [0.2, 0.25) is 5.02 Å². The van der Waals surface area contributed by atoms with E-state index in [0.717, 1.165) is 33.5 Å². The van der Waals surface area contributed by atoms with Crippen LogP contribution in [0, 0.1) is 6.92 Å². The normalized spacial score (nSPS) is 11.6. The highest BCUT2D eigenvalue weighted by atomic mass is 35.5. The zero-order valence-electron chi connectivity index (χ0n) is 18.1. The molecule has 2 heterocycles. The van der Waals surface area contributed by atoms with Gasteiger partial charge in [0.05, 0.1) is 10.3 Å². The maximum Gasteiger partial charge on any atom is 0.238 e. The van der Waals surface area contributed by atoms with E-state index in [1.54, 1.807) is 12.1 Å². The minimum atomic E-state index is -3.79. The Morgan fingerprint density at radius 1 is 0.971 bits per heavy atom. The molecule has 0 saturated heterocycles. The zero-order valence-corrected chi connectivity index (χ0v) is 19.7. The zero-order chi connectivity index (χ0) is 23.9. The quantitative estimate of drug-likeness (QED) is 0.342. The van der Waals surface area contributed by atoms with Gasteiger partial charge in [-0.1, -0.05) is 35.9 Å². The number of nitrogens with zero attached hydrogens (tertiary/aromatic N) is 3. The lowest BCUT2D eigenvalue weighted by Gasteiger charge is -2.10. The Bertz CT molecular complexity index is 1610. The molecule has 3 N–H and O–H groups in total. The summed E-state index contributed by atoms with van der Waals surface area (Å²) in [5.74, 6) is 0.653. The molecule has 0 fully saturated rings. The highest BCUT2D eigenvalue weighted by Gasteiger charge is 2.18. The second-order valence-corrected chi connectivity index (χ2v) is 9.87. The van der Waals surface area contributed by atoms with E-state index in [1.807, 2.05) is 66.2 Å². The summed E-state index contributed by atoms with van der Waals surface area (Å²) < 4.78 is 25.3. The molecular weight excluding hydrogens is 470 g/mol. The Kier molecular flexibility index (Phi) is 5.57. The fourth-order valence-electron chi connectivity index (χ4n) is 3.86. The van der Waals surface area contributed by atoms with Crippen LogP contribution in [0.5, 0.6) is 0 Å². The Balaban J connectivity index is 1.72. The lowest BCUT2D eigenvalue weighted by Crippen LogP contribution is -2.12. The van der Waals surface area contributed by atoms with Crippen LogP contribution in [0.3, 0.4) is 0 Å². The predicted octanol–water partition coefficient (Wildman–Crippen LogP) is 5.44. The number of rotatable bonds is 5. The predicted molar refractivity (Wildman–Crippen MR) is 135 cm³/mol. The number of nitrogens with one attached hydrogen (secondary N) is 1. The summed E-state index contributed by atoms with van der Waals surface area (Å²) in [6.45, 7) is 2.03. The van der Waals surface area contributed by atoms with Crippen molar-refractivity contribution in [2.24, 2.45) is 5.14 Å². The second-order valence-electron chi connectivity index (χ2n) is 7.87. The van der Waals surface area contributed by atoms with Crippen LogP contribution in [0.4, 0.5) is 11.5 Å². The van der Waals surface area contributed by atoms with Crippen molar-refractivity contribution in [2.75, 3.05) is 5.32 Å². The van der Waals surface area contributed by atoms with Crippen LogP contribution in [0.15, 0.2) is 90.2 Å². The summed E-state index contributed by atoms with van der Waals surface area (Å²) in [4.78, 5) is 9.13. The molecule has 0 aliphatic rings. The Morgan fingerprint density at radius 2 is 1.71 bits per heavy atom. The molecular formula is C25H20ClN5O2S. The third-order valence-electron chi connectivity index (χ3n) is 5.46. The molecule has 34 heavy (non-hydrogen) atoms. The molecule has 5 aromatic rings. The van der Waals surface area contributed by atoms with Crippen molar-refractivity contribution >= 4 is 44.2 Å². The van der Waals surface area contributed by atoms with E-state index < -0.39 is 10.0 Å². The molecule has 0 aliphatic carbocycles. The number of hydrogen-bond donors (Lipinski definition) is 2. The number of aromatic nitrogens is 3. The summed E-state index contributed by atoms with van der Waals surface area (Å²) in [6.07, 6.45) is 3.46. The minimum Gasteiger partial charge on any atom is -0.340 e. The van der Waals surface area contributed by atoms with Crippen LogP contribution < -0.4 is 10.5 Å². The molecule has 0 radical (unpaired) electrons. The van der Waals surface area contributed by atoms with E-state index in [2.05, 4.69) is 15.3 Å². The Hall–Kier alpha value is -3.72. The van der Waals surface area contributed by atoms with Crippen LogP contribution in [-0.4, -0.2) is 23.0 Å². The molecule has 5 rings (SSSR count). The van der Waals surface area contributed by atoms with Gasteiger partial charge in [0.25, 0.3) is 0 Å². The van der Waals surface area contributed by atoms with Gasteiger partial charge < -0.3 is 9.88 Å². The fourth-order valence-corrected chi connectivity index (χ4v) is 4.50. The highest BCUT2D eigenvalue weighted by Crippen LogP contribution is 2.37. The first-order valence-electron chi connectivity index (χ1n) is 10.4. The molecule has 7 nitrogen and oxygen atoms in total. The molecule has 0 aliphatic heterocycles. The number of aryl methyl sites for hydroxylation is 1. The number of sulfonamides is 1. The van der Waals surface area contributed by atoms with Gasteiger partial charge in [0.2, 0.25) is 10.0 Å². The maximum absolute atomic E-state index is 11.7. The number of anilines is 2. The first-order valence-corrected chi connectivity index (χ1v) is 12.3.